The summed E-state index contributed by atoms with van der Waals surface area (Å²) in [5.41, 5.74) is 10.5. The lowest BCUT2D eigenvalue weighted by atomic mass is 9.85. The molecule has 0 spiro atoms. The molecule has 0 saturated carbocycles. The first-order valence-electron chi connectivity index (χ1n) is 14.4. The third-order valence-electron chi connectivity index (χ3n) is 8.18. The van der Waals surface area contributed by atoms with Crippen LogP contribution in [0.5, 0.6) is 0 Å². The third kappa shape index (κ3) is 4.95. The molecule has 0 bridgehead atoms. The highest BCUT2D eigenvalue weighted by molar-refractivity contribution is 6.08. The van der Waals surface area contributed by atoms with E-state index in [1.807, 2.05) is 0 Å². The molecule has 0 aliphatic carbocycles. The zero-order valence-electron chi connectivity index (χ0n) is 24.5. The van der Waals surface area contributed by atoms with E-state index >= 15 is 0 Å². The number of rotatable bonds is 3. The number of hydrogen-bond acceptors (Lipinski definition) is 0. The summed E-state index contributed by atoms with van der Waals surface area (Å²) in [6.07, 6.45) is 0. The molecule has 0 saturated heterocycles. The van der Waals surface area contributed by atoms with Crippen LogP contribution < -0.4 is 0 Å². The van der Waals surface area contributed by atoms with Crippen molar-refractivity contribution in [2.75, 3.05) is 0 Å². The van der Waals surface area contributed by atoms with Crippen molar-refractivity contribution >= 4 is 21.5 Å². The van der Waals surface area contributed by atoms with E-state index in [-0.39, 0.29) is 10.8 Å². The van der Waals surface area contributed by atoms with Crippen LogP contribution in [0, 0.1) is 0 Å². The monoisotopic (exact) mass is 518 g/mol. The topological polar surface area (TPSA) is 0 Å². The molecule has 198 valence electrons. The van der Waals surface area contributed by atoms with Crippen molar-refractivity contribution in [1.82, 2.24) is 0 Å². The number of fused-ring (bicyclic) bond motifs is 2. The molecule has 0 heterocycles. The molecule has 0 aliphatic heterocycles. The van der Waals surface area contributed by atoms with Gasteiger partial charge < -0.3 is 0 Å². The van der Waals surface area contributed by atoms with Gasteiger partial charge in [-0.25, -0.2) is 0 Å². The van der Waals surface area contributed by atoms with E-state index < -0.39 is 0 Å². The fourth-order valence-electron chi connectivity index (χ4n) is 5.73. The highest BCUT2D eigenvalue weighted by Crippen LogP contribution is 2.40. The summed E-state index contributed by atoms with van der Waals surface area (Å²) in [6.45, 7) is 13.6. The Balaban J connectivity index is 1.57. The second-order valence-corrected chi connectivity index (χ2v) is 13.1. The summed E-state index contributed by atoms with van der Waals surface area (Å²) in [5.74, 6) is 0. The van der Waals surface area contributed by atoms with Crippen LogP contribution in [-0.4, -0.2) is 0 Å². The predicted octanol–water partition coefficient (Wildman–Crippen LogP) is 11.6. The second-order valence-electron chi connectivity index (χ2n) is 13.1. The summed E-state index contributed by atoms with van der Waals surface area (Å²) >= 11 is 0. The van der Waals surface area contributed by atoms with Gasteiger partial charge in [0.1, 0.15) is 0 Å². The van der Waals surface area contributed by atoms with Crippen molar-refractivity contribution in [2.45, 2.75) is 52.4 Å². The molecule has 0 N–H and O–H groups in total. The first-order valence-corrected chi connectivity index (χ1v) is 14.4. The zero-order chi connectivity index (χ0) is 28.1. The molecule has 0 aliphatic rings. The number of benzene rings is 6. The molecule has 0 atom stereocenters. The summed E-state index contributed by atoms with van der Waals surface area (Å²) < 4.78 is 0. The van der Waals surface area contributed by atoms with Crippen LogP contribution in [0.3, 0.4) is 0 Å². The summed E-state index contributed by atoms with van der Waals surface area (Å²) in [5, 5.41) is 5.09. The standard InChI is InChI=1S/C40H38/c1-39(2,3)33-19-15-27(16-20-33)31-23-29-11-7-9-13-35(29)37(25-31)38-26-32(24-30-12-8-10-14-36(30)38)28-17-21-34(22-18-28)40(4,5)6/h7-26H,1-6H3. The van der Waals surface area contributed by atoms with Gasteiger partial charge in [-0.05, 0) is 101 Å². The molecule has 40 heavy (non-hydrogen) atoms. The smallest absolute Gasteiger partial charge is 0.00928 e. The van der Waals surface area contributed by atoms with Gasteiger partial charge in [0.05, 0.1) is 0 Å². The maximum atomic E-state index is 2.39. The van der Waals surface area contributed by atoms with Gasteiger partial charge in [-0.1, -0.05) is 139 Å². The first-order chi connectivity index (χ1) is 19.1. The normalized spacial score (nSPS) is 12.2. The maximum Gasteiger partial charge on any atom is -0.00928 e. The molecule has 6 aromatic carbocycles. The van der Waals surface area contributed by atoms with Crippen molar-refractivity contribution in [3.63, 3.8) is 0 Å². The minimum atomic E-state index is 0.136. The zero-order valence-corrected chi connectivity index (χ0v) is 24.5. The molecule has 0 fully saturated rings. The Kier molecular flexibility index (Phi) is 6.38. The molecule has 6 rings (SSSR count). The average Bonchev–Trinajstić information content (AvgIpc) is 2.95. The van der Waals surface area contributed by atoms with Crippen LogP contribution in [-0.2, 0) is 10.8 Å². The van der Waals surface area contributed by atoms with Crippen molar-refractivity contribution in [3.8, 4) is 33.4 Å². The lowest BCUT2D eigenvalue weighted by molar-refractivity contribution is 0.590. The molecular weight excluding hydrogens is 480 g/mol. The predicted molar refractivity (Wildman–Crippen MR) is 175 cm³/mol. The van der Waals surface area contributed by atoms with E-state index in [2.05, 4.69) is 163 Å². The van der Waals surface area contributed by atoms with Gasteiger partial charge in [-0.15, -0.1) is 0 Å². The van der Waals surface area contributed by atoms with E-state index in [0.717, 1.165) is 0 Å². The lowest BCUT2D eigenvalue weighted by Crippen LogP contribution is -2.10. The minimum absolute atomic E-state index is 0.136. The van der Waals surface area contributed by atoms with Crippen LogP contribution in [0.15, 0.2) is 121 Å². The molecule has 0 radical (unpaired) electrons. The first kappa shape index (κ1) is 26.1. The Morgan fingerprint density at radius 1 is 0.350 bits per heavy atom. The van der Waals surface area contributed by atoms with Crippen molar-refractivity contribution in [3.05, 3.63) is 132 Å². The van der Waals surface area contributed by atoms with E-state index in [4.69, 9.17) is 0 Å². The van der Waals surface area contributed by atoms with Gasteiger partial charge in [0, 0.05) is 0 Å². The lowest BCUT2D eigenvalue weighted by Gasteiger charge is -2.20. The van der Waals surface area contributed by atoms with E-state index in [1.54, 1.807) is 0 Å². The largest absolute Gasteiger partial charge is 0.0616 e. The van der Waals surface area contributed by atoms with Crippen molar-refractivity contribution in [1.29, 1.82) is 0 Å². The average molecular weight is 519 g/mol. The van der Waals surface area contributed by atoms with Crippen LogP contribution >= 0.6 is 0 Å². The minimum Gasteiger partial charge on any atom is -0.0616 e. The molecule has 0 nitrogen and oxygen atoms in total. The second kappa shape index (κ2) is 9.79. The summed E-state index contributed by atoms with van der Waals surface area (Å²) in [7, 11) is 0. The van der Waals surface area contributed by atoms with Gasteiger partial charge in [0.2, 0.25) is 0 Å². The van der Waals surface area contributed by atoms with Crippen molar-refractivity contribution in [2.24, 2.45) is 0 Å². The molecule has 0 amide bonds. The van der Waals surface area contributed by atoms with E-state index in [0.29, 0.717) is 0 Å². The SMILES string of the molecule is CC(C)(C)c1ccc(-c2cc(-c3cc(-c4ccc(C(C)(C)C)cc4)cc4ccccc34)c3ccccc3c2)cc1. The van der Waals surface area contributed by atoms with Gasteiger partial charge in [0.25, 0.3) is 0 Å². The summed E-state index contributed by atoms with van der Waals surface area (Å²) in [4.78, 5) is 0. The van der Waals surface area contributed by atoms with Crippen LogP contribution in [0.25, 0.3) is 54.9 Å². The third-order valence-corrected chi connectivity index (χ3v) is 8.18. The molecule has 6 aromatic rings. The fourth-order valence-corrected chi connectivity index (χ4v) is 5.73. The molecule has 0 aromatic heterocycles. The van der Waals surface area contributed by atoms with Crippen LogP contribution in [0.1, 0.15) is 52.7 Å². The fraction of sp³-hybridized carbons (Fsp3) is 0.200. The Bertz CT molecular complexity index is 1680. The van der Waals surface area contributed by atoms with E-state index in [9.17, 15) is 0 Å². The Labute approximate surface area is 239 Å². The summed E-state index contributed by atoms with van der Waals surface area (Å²) in [6, 6.07) is 45.3. The van der Waals surface area contributed by atoms with Crippen LogP contribution in [0.2, 0.25) is 0 Å². The molecular formula is C40H38. The van der Waals surface area contributed by atoms with Crippen molar-refractivity contribution < 1.29 is 0 Å². The highest BCUT2D eigenvalue weighted by Gasteiger charge is 2.17. The quantitative estimate of drug-likeness (QED) is 0.218. The Morgan fingerprint density at radius 3 is 1.05 bits per heavy atom. The van der Waals surface area contributed by atoms with Gasteiger partial charge in [-0.3, -0.25) is 0 Å². The van der Waals surface area contributed by atoms with Gasteiger partial charge >= 0.3 is 0 Å². The molecule has 0 heteroatoms. The maximum absolute atomic E-state index is 2.39. The van der Waals surface area contributed by atoms with Crippen LogP contribution in [0.4, 0.5) is 0 Å². The highest BCUT2D eigenvalue weighted by atomic mass is 14.2. The number of hydrogen-bond donors (Lipinski definition) is 0. The Morgan fingerprint density at radius 2 is 0.700 bits per heavy atom. The van der Waals surface area contributed by atoms with E-state index in [1.165, 1.54) is 66.1 Å². The molecule has 0 unspecified atom stereocenters. The van der Waals surface area contributed by atoms with Gasteiger partial charge in [0.15, 0.2) is 0 Å². The van der Waals surface area contributed by atoms with Gasteiger partial charge in [-0.2, -0.15) is 0 Å². The Hall–Kier alpha value is -4.16.